The van der Waals surface area contributed by atoms with Gasteiger partial charge in [-0.3, -0.25) is 4.79 Å². The van der Waals surface area contributed by atoms with Crippen LogP contribution in [0.1, 0.15) is 55.5 Å². The second-order valence-corrected chi connectivity index (χ2v) is 7.58. The number of piperidine rings is 1. The molecular formula is C21H32N2O2. The van der Waals surface area contributed by atoms with Crippen LogP contribution < -0.4 is 5.32 Å². The highest BCUT2D eigenvalue weighted by Crippen LogP contribution is 2.26. The third-order valence-corrected chi connectivity index (χ3v) is 5.95. The van der Waals surface area contributed by atoms with Crippen molar-refractivity contribution in [2.75, 3.05) is 32.8 Å². The van der Waals surface area contributed by atoms with Gasteiger partial charge in [-0.15, -0.1) is 0 Å². The van der Waals surface area contributed by atoms with Gasteiger partial charge in [0.05, 0.1) is 18.8 Å². The molecule has 4 nitrogen and oxygen atoms in total. The largest absolute Gasteiger partial charge is 0.371 e. The van der Waals surface area contributed by atoms with Gasteiger partial charge in [-0.2, -0.15) is 0 Å². The molecule has 0 unspecified atom stereocenters. The van der Waals surface area contributed by atoms with E-state index in [4.69, 9.17) is 4.74 Å². The second-order valence-electron chi connectivity index (χ2n) is 7.58. The van der Waals surface area contributed by atoms with Crippen molar-refractivity contribution in [2.45, 2.75) is 51.6 Å². The lowest BCUT2D eigenvalue weighted by Gasteiger charge is -2.42. The Labute approximate surface area is 151 Å². The molecule has 2 aliphatic heterocycles. The zero-order valence-electron chi connectivity index (χ0n) is 15.7. The maximum absolute atomic E-state index is 12.9. The summed E-state index contributed by atoms with van der Waals surface area (Å²) in [6.07, 6.45) is 5.57. The molecule has 2 saturated heterocycles. The summed E-state index contributed by atoms with van der Waals surface area (Å²) in [6, 6.07) is 8.27. The number of amides is 1. The number of ether oxygens (including phenoxy) is 1. The number of hydrogen-bond donors (Lipinski definition) is 1. The molecule has 1 aromatic carbocycles. The maximum atomic E-state index is 12.9. The first-order chi connectivity index (χ1) is 12.2. The van der Waals surface area contributed by atoms with Crippen LogP contribution in [0.4, 0.5) is 0 Å². The first kappa shape index (κ1) is 18.4. The van der Waals surface area contributed by atoms with Crippen molar-refractivity contribution in [1.29, 1.82) is 0 Å². The van der Waals surface area contributed by atoms with E-state index in [1.165, 1.54) is 18.4 Å². The van der Waals surface area contributed by atoms with E-state index in [0.717, 1.165) is 43.8 Å². The number of hydrogen-bond acceptors (Lipinski definition) is 3. The minimum atomic E-state index is -0.165. The summed E-state index contributed by atoms with van der Waals surface area (Å²) in [4.78, 5) is 14.8. The van der Waals surface area contributed by atoms with Gasteiger partial charge in [0.2, 0.25) is 0 Å². The summed E-state index contributed by atoms with van der Waals surface area (Å²) in [5, 5.41) is 3.47. The van der Waals surface area contributed by atoms with Crippen LogP contribution in [0.15, 0.2) is 24.3 Å². The van der Waals surface area contributed by atoms with Crippen LogP contribution in [0, 0.1) is 5.92 Å². The lowest BCUT2D eigenvalue weighted by Crippen LogP contribution is -2.53. The highest BCUT2D eigenvalue weighted by molar-refractivity contribution is 5.94. The fourth-order valence-electron chi connectivity index (χ4n) is 4.09. The first-order valence-electron chi connectivity index (χ1n) is 9.88. The van der Waals surface area contributed by atoms with Crippen molar-refractivity contribution >= 4 is 5.91 Å². The molecule has 4 heteroatoms. The predicted octanol–water partition coefficient (Wildman–Crippen LogP) is 3.26. The van der Waals surface area contributed by atoms with Gasteiger partial charge in [0, 0.05) is 12.1 Å². The standard InChI is InChI=1S/C21H32N2O2/c1-3-21(4-2)16-23(12-13-25-21)20(24)19-9-7-17(8-10-19)14-18-6-5-11-22-15-18/h7-10,18,22H,3-6,11-16H2,1-2H3/t18-/m1/s1. The van der Waals surface area contributed by atoms with Gasteiger partial charge in [-0.1, -0.05) is 26.0 Å². The number of nitrogens with zero attached hydrogens (tertiary/aromatic N) is 1. The molecule has 0 saturated carbocycles. The molecule has 0 spiro atoms. The number of nitrogens with one attached hydrogen (secondary N) is 1. The Balaban J connectivity index is 1.62. The third kappa shape index (κ3) is 4.42. The molecule has 1 aromatic rings. The van der Waals surface area contributed by atoms with Gasteiger partial charge in [-0.05, 0) is 68.8 Å². The molecule has 0 radical (unpaired) electrons. The van der Waals surface area contributed by atoms with Crippen LogP contribution in [0.25, 0.3) is 0 Å². The van der Waals surface area contributed by atoms with Crippen LogP contribution in [0.2, 0.25) is 0 Å². The molecule has 2 heterocycles. The van der Waals surface area contributed by atoms with Crippen molar-refractivity contribution in [1.82, 2.24) is 10.2 Å². The van der Waals surface area contributed by atoms with Crippen molar-refractivity contribution in [3.05, 3.63) is 35.4 Å². The Hall–Kier alpha value is -1.39. The predicted molar refractivity (Wildman–Crippen MR) is 101 cm³/mol. The minimum Gasteiger partial charge on any atom is -0.371 e. The first-order valence-corrected chi connectivity index (χ1v) is 9.88. The smallest absolute Gasteiger partial charge is 0.254 e. The monoisotopic (exact) mass is 344 g/mol. The Morgan fingerprint density at radius 2 is 2.04 bits per heavy atom. The number of carbonyl (C=O) groups is 1. The van der Waals surface area contributed by atoms with E-state index in [9.17, 15) is 4.79 Å². The molecule has 3 rings (SSSR count). The summed E-state index contributed by atoms with van der Waals surface area (Å²) in [5.74, 6) is 0.865. The zero-order valence-corrected chi connectivity index (χ0v) is 15.7. The third-order valence-electron chi connectivity index (χ3n) is 5.95. The van der Waals surface area contributed by atoms with Gasteiger partial charge in [-0.25, -0.2) is 0 Å². The Kier molecular flexibility index (Phi) is 6.13. The normalized spacial score (nSPS) is 23.4. The number of rotatable bonds is 5. The van der Waals surface area contributed by atoms with Gasteiger partial charge < -0.3 is 15.0 Å². The van der Waals surface area contributed by atoms with Crippen molar-refractivity contribution < 1.29 is 9.53 Å². The SMILES string of the molecule is CCC1(CC)CN(C(=O)c2ccc(C[C@H]3CCCNC3)cc2)CCO1. The Bertz CT molecular complexity index is 560. The quantitative estimate of drug-likeness (QED) is 0.891. The van der Waals surface area contributed by atoms with E-state index in [-0.39, 0.29) is 11.5 Å². The fraction of sp³-hybridized carbons (Fsp3) is 0.667. The topological polar surface area (TPSA) is 41.6 Å². The molecule has 0 aromatic heterocycles. The van der Waals surface area contributed by atoms with E-state index >= 15 is 0 Å². The average Bonchev–Trinajstić information content (AvgIpc) is 2.69. The van der Waals surface area contributed by atoms with Gasteiger partial charge in [0.15, 0.2) is 0 Å². The molecule has 2 aliphatic rings. The highest BCUT2D eigenvalue weighted by Gasteiger charge is 2.35. The lowest BCUT2D eigenvalue weighted by molar-refractivity contribution is -0.103. The van der Waals surface area contributed by atoms with E-state index in [2.05, 4.69) is 31.3 Å². The maximum Gasteiger partial charge on any atom is 0.254 e. The van der Waals surface area contributed by atoms with Gasteiger partial charge >= 0.3 is 0 Å². The molecule has 2 fully saturated rings. The lowest BCUT2D eigenvalue weighted by atomic mass is 9.92. The van der Waals surface area contributed by atoms with Crippen LogP contribution in [0.5, 0.6) is 0 Å². The van der Waals surface area contributed by atoms with Crippen LogP contribution in [0.3, 0.4) is 0 Å². The van der Waals surface area contributed by atoms with E-state index < -0.39 is 0 Å². The summed E-state index contributed by atoms with van der Waals surface area (Å²) in [5.41, 5.74) is 1.97. The second kappa shape index (κ2) is 8.33. The van der Waals surface area contributed by atoms with Gasteiger partial charge in [0.25, 0.3) is 5.91 Å². The Morgan fingerprint density at radius 3 is 2.68 bits per heavy atom. The molecule has 138 valence electrons. The number of morpholine rings is 1. The van der Waals surface area contributed by atoms with Crippen LogP contribution >= 0.6 is 0 Å². The number of benzene rings is 1. The summed E-state index contributed by atoms with van der Waals surface area (Å²) < 4.78 is 5.98. The van der Waals surface area contributed by atoms with Crippen LogP contribution in [-0.4, -0.2) is 49.2 Å². The molecule has 25 heavy (non-hydrogen) atoms. The molecule has 0 bridgehead atoms. The highest BCUT2D eigenvalue weighted by atomic mass is 16.5. The van der Waals surface area contributed by atoms with Gasteiger partial charge in [0.1, 0.15) is 0 Å². The van der Waals surface area contributed by atoms with Crippen molar-refractivity contribution in [3.8, 4) is 0 Å². The summed E-state index contributed by atoms with van der Waals surface area (Å²) in [7, 11) is 0. The molecule has 1 N–H and O–H groups in total. The molecule has 1 atom stereocenters. The molecule has 1 amide bonds. The molecule has 0 aliphatic carbocycles. The molecular weight excluding hydrogens is 312 g/mol. The summed E-state index contributed by atoms with van der Waals surface area (Å²) in [6.45, 7) is 8.59. The van der Waals surface area contributed by atoms with Crippen molar-refractivity contribution in [3.63, 3.8) is 0 Å². The number of carbonyl (C=O) groups excluding carboxylic acids is 1. The minimum absolute atomic E-state index is 0.139. The van der Waals surface area contributed by atoms with Crippen molar-refractivity contribution in [2.24, 2.45) is 5.92 Å². The fourth-order valence-corrected chi connectivity index (χ4v) is 4.09. The van der Waals surface area contributed by atoms with E-state index in [1.54, 1.807) is 0 Å². The average molecular weight is 344 g/mol. The zero-order chi connectivity index (χ0) is 17.7. The van der Waals surface area contributed by atoms with E-state index in [1.807, 2.05) is 17.0 Å². The van der Waals surface area contributed by atoms with E-state index in [0.29, 0.717) is 19.7 Å². The Morgan fingerprint density at radius 1 is 1.28 bits per heavy atom. The van der Waals surface area contributed by atoms with Crippen LogP contribution in [-0.2, 0) is 11.2 Å². The summed E-state index contributed by atoms with van der Waals surface area (Å²) >= 11 is 0.